The Labute approximate surface area is 98.0 Å². The van der Waals surface area contributed by atoms with Gasteiger partial charge in [-0.25, -0.2) is 0 Å². The second kappa shape index (κ2) is 5.37. The fourth-order valence-corrected chi connectivity index (χ4v) is 2.40. The van der Waals surface area contributed by atoms with Gasteiger partial charge in [0.1, 0.15) is 0 Å². The van der Waals surface area contributed by atoms with Crippen LogP contribution in [0.5, 0.6) is 0 Å². The van der Waals surface area contributed by atoms with Crippen molar-refractivity contribution >= 4 is 29.1 Å². The van der Waals surface area contributed by atoms with E-state index >= 15 is 0 Å². The number of benzene rings is 1. The molecule has 3 nitrogen and oxygen atoms in total. The molecule has 15 heavy (non-hydrogen) atoms. The molecule has 0 amide bonds. The number of thioether (sulfide) groups is 1. The zero-order chi connectivity index (χ0) is 11.4. The van der Waals surface area contributed by atoms with Crippen LogP contribution in [-0.2, 0) is 0 Å². The Balaban J connectivity index is 3.06. The molecule has 0 radical (unpaired) electrons. The summed E-state index contributed by atoms with van der Waals surface area (Å²) in [6.07, 6.45) is 0. The van der Waals surface area contributed by atoms with Crippen molar-refractivity contribution in [2.75, 3.05) is 5.88 Å². The quantitative estimate of drug-likeness (QED) is 0.352. The van der Waals surface area contributed by atoms with E-state index in [2.05, 4.69) is 0 Å². The van der Waals surface area contributed by atoms with Gasteiger partial charge >= 0.3 is 0 Å². The number of halogens is 1. The van der Waals surface area contributed by atoms with Gasteiger partial charge in [-0.15, -0.1) is 23.4 Å². The average molecular weight is 246 g/mol. The van der Waals surface area contributed by atoms with E-state index in [0.29, 0.717) is 16.3 Å². The third-order valence-electron chi connectivity index (χ3n) is 1.93. The van der Waals surface area contributed by atoms with Crippen molar-refractivity contribution in [1.82, 2.24) is 0 Å². The standard InChI is InChI=1S/C10H12ClNO2S/c1-7-4-3-5-9(10(7)12(13)14)15-8(2)6-11/h3-5,8H,6H2,1-2H3. The Morgan fingerprint density at radius 3 is 2.80 bits per heavy atom. The van der Waals surface area contributed by atoms with E-state index in [-0.39, 0.29) is 15.9 Å². The minimum atomic E-state index is -0.335. The summed E-state index contributed by atoms with van der Waals surface area (Å²) in [4.78, 5) is 11.2. The van der Waals surface area contributed by atoms with E-state index in [1.54, 1.807) is 19.1 Å². The largest absolute Gasteiger partial charge is 0.285 e. The van der Waals surface area contributed by atoms with Crippen molar-refractivity contribution in [2.45, 2.75) is 24.0 Å². The smallest absolute Gasteiger partial charge is 0.258 e. The van der Waals surface area contributed by atoms with Crippen LogP contribution in [0.2, 0.25) is 0 Å². The minimum absolute atomic E-state index is 0.173. The first kappa shape index (κ1) is 12.3. The van der Waals surface area contributed by atoms with Crippen molar-refractivity contribution in [3.8, 4) is 0 Å². The van der Waals surface area contributed by atoms with E-state index in [4.69, 9.17) is 11.6 Å². The number of para-hydroxylation sites is 1. The number of nitro benzene ring substituents is 1. The molecule has 5 heteroatoms. The van der Waals surface area contributed by atoms with Crippen LogP contribution in [0, 0.1) is 17.0 Å². The molecule has 0 aromatic heterocycles. The number of aryl methyl sites for hydroxylation is 1. The third-order valence-corrected chi connectivity index (χ3v) is 3.73. The maximum Gasteiger partial charge on any atom is 0.285 e. The Bertz CT molecular complexity index is 370. The van der Waals surface area contributed by atoms with Crippen LogP contribution < -0.4 is 0 Å². The fourth-order valence-electron chi connectivity index (χ4n) is 1.21. The molecule has 0 aliphatic carbocycles. The summed E-state index contributed by atoms with van der Waals surface area (Å²) in [5.41, 5.74) is 0.881. The Morgan fingerprint density at radius 1 is 1.60 bits per heavy atom. The average Bonchev–Trinajstić information content (AvgIpc) is 2.17. The molecule has 1 rings (SSSR count). The maximum absolute atomic E-state index is 10.9. The van der Waals surface area contributed by atoms with Crippen molar-refractivity contribution in [2.24, 2.45) is 0 Å². The zero-order valence-corrected chi connectivity index (χ0v) is 10.1. The van der Waals surface area contributed by atoms with Gasteiger partial charge < -0.3 is 0 Å². The molecule has 0 heterocycles. The highest BCUT2D eigenvalue weighted by Gasteiger charge is 2.18. The predicted molar refractivity (Wildman–Crippen MR) is 63.9 cm³/mol. The minimum Gasteiger partial charge on any atom is -0.258 e. The Kier molecular flexibility index (Phi) is 4.42. The van der Waals surface area contributed by atoms with Crippen LogP contribution in [-0.4, -0.2) is 16.1 Å². The number of hydrogen-bond acceptors (Lipinski definition) is 3. The lowest BCUT2D eigenvalue weighted by atomic mass is 10.2. The van der Waals surface area contributed by atoms with E-state index in [0.717, 1.165) is 0 Å². The van der Waals surface area contributed by atoms with Crippen LogP contribution in [0.25, 0.3) is 0 Å². The molecule has 1 unspecified atom stereocenters. The van der Waals surface area contributed by atoms with Crippen LogP contribution >= 0.6 is 23.4 Å². The summed E-state index contributed by atoms with van der Waals surface area (Å²) >= 11 is 7.12. The van der Waals surface area contributed by atoms with E-state index in [1.165, 1.54) is 11.8 Å². The number of nitro groups is 1. The molecule has 1 atom stereocenters. The highest BCUT2D eigenvalue weighted by molar-refractivity contribution is 8.00. The van der Waals surface area contributed by atoms with Gasteiger partial charge in [0.15, 0.2) is 0 Å². The van der Waals surface area contributed by atoms with E-state index in [9.17, 15) is 10.1 Å². The van der Waals surface area contributed by atoms with Gasteiger partial charge in [-0.05, 0) is 13.0 Å². The molecule has 0 aliphatic heterocycles. The SMILES string of the molecule is Cc1cccc(SC(C)CCl)c1[N+](=O)[O-]. The number of rotatable bonds is 4. The number of hydrogen-bond donors (Lipinski definition) is 0. The molecule has 0 saturated heterocycles. The first-order valence-corrected chi connectivity index (χ1v) is 5.94. The molecular formula is C10H12ClNO2S. The summed E-state index contributed by atoms with van der Waals surface area (Å²) in [6, 6.07) is 5.33. The van der Waals surface area contributed by atoms with Crippen molar-refractivity contribution < 1.29 is 4.92 Å². The summed E-state index contributed by atoms with van der Waals surface area (Å²) in [5.74, 6) is 0.482. The van der Waals surface area contributed by atoms with Gasteiger partial charge in [-0.3, -0.25) is 10.1 Å². The van der Waals surface area contributed by atoms with Crippen LogP contribution in [0.4, 0.5) is 5.69 Å². The molecule has 1 aromatic rings. The molecule has 82 valence electrons. The summed E-state index contributed by atoms with van der Waals surface area (Å²) in [5, 5.41) is 11.0. The topological polar surface area (TPSA) is 43.1 Å². The lowest BCUT2D eigenvalue weighted by molar-refractivity contribution is -0.388. The highest BCUT2D eigenvalue weighted by Crippen LogP contribution is 2.34. The van der Waals surface area contributed by atoms with Crippen molar-refractivity contribution in [1.29, 1.82) is 0 Å². The molecule has 1 aromatic carbocycles. The monoisotopic (exact) mass is 245 g/mol. The first-order chi connectivity index (χ1) is 7.06. The molecular weight excluding hydrogens is 234 g/mol. The van der Waals surface area contributed by atoms with Gasteiger partial charge in [0, 0.05) is 16.7 Å². The van der Waals surface area contributed by atoms with Gasteiger partial charge in [0.2, 0.25) is 0 Å². The number of alkyl halides is 1. The van der Waals surface area contributed by atoms with Crippen LogP contribution in [0.15, 0.2) is 23.1 Å². The molecule has 0 aliphatic rings. The molecule has 0 spiro atoms. The summed E-state index contributed by atoms with van der Waals surface area (Å²) in [7, 11) is 0. The number of nitrogens with zero attached hydrogens (tertiary/aromatic N) is 1. The van der Waals surface area contributed by atoms with Gasteiger partial charge in [0.05, 0.1) is 9.82 Å². The second-order valence-electron chi connectivity index (χ2n) is 3.26. The highest BCUT2D eigenvalue weighted by atomic mass is 35.5. The first-order valence-electron chi connectivity index (χ1n) is 4.53. The lowest BCUT2D eigenvalue weighted by Crippen LogP contribution is -2.00. The Hall–Kier alpha value is -0.740. The molecule has 0 saturated carbocycles. The van der Waals surface area contributed by atoms with E-state index in [1.807, 2.05) is 13.0 Å². The summed E-state index contributed by atoms with van der Waals surface area (Å²) in [6.45, 7) is 3.69. The van der Waals surface area contributed by atoms with Crippen LogP contribution in [0.3, 0.4) is 0 Å². The predicted octanol–water partition coefficient (Wildman–Crippen LogP) is 3.62. The molecule has 0 bridgehead atoms. The van der Waals surface area contributed by atoms with Gasteiger partial charge in [0.25, 0.3) is 5.69 Å². The van der Waals surface area contributed by atoms with Gasteiger partial charge in [-0.2, -0.15) is 0 Å². The van der Waals surface area contributed by atoms with Crippen molar-refractivity contribution in [3.05, 3.63) is 33.9 Å². The summed E-state index contributed by atoms with van der Waals surface area (Å²) < 4.78 is 0. The Morgan fingerprint density at radius 2 is 2.27 bits per heavy atom. The van der Waals surface area contributed by atoms with Crippen LogP contribution in [0.1, 0.15) is 12.5 Å². The second-order valence-corrected chi connectivity index (χ2v) is 5.05. The molecule has 0 N–H and O–H groups in total. The lowest BCUT2D eigenvalue weighted by Gasteiger charge is -2.08. The third kappa shape index (κ3) is 3.11. The zero-order valence-electron chi connectivity index (χ0n) is 8.57. The van der Waals surface area contributed by atoms with Gasteiger partial charge in [-0.1, -0.05) is 19.1 Å². The van der Waals surface area contributed by atoms with Crippen molar-refractivity contribution in [3.63, 3.8) is 0 Å². The molecule has 0 fully saturated rings. The normalized spacial score (nSPS) is 12.5. The van der Waals surface area contributed by atoms with E-state index < -0.39 is 0 Å². The maximum atomic E-state index is 10.9. The fraction of sp³-hybridized carbons (Fsp3) is 0.400.